The molecule has 7 nitrogen and oxygen atoms in total. The predicted molar refractivity (Wildman–Crippen MR) is 129 cm³/mol. The third-order valence-corrected chi connectivity index (χ3v) is 8.95. The van der Waals surface area contributed by atoms with Gasteiger partial charge in [0.15, 0.2) is 10.8 Å². The number of hydrogen-bond acceptors (Lipinski definition) is 7. The van der Waals surface area contributed by atoms with Crippen LogP contribution in [0.15, 0.2) is 47.8 Å². The van der Waals surface area contributed by atoms with Crippen molar-refractivity contribution in [2.75, 3.05) is 17.7 Å². The van der Waals surface area contributed by atoms with Crippen LogP contribution in [0.25, 0.3) is 11.0 Å². The van der Waals surface area contributed by atoms with Gasteiger partial charge in [-0.1, -0.05) is 29.5 Å². The highest BCUT2D eigenvalue weighted by atomic mass is 32.2. The fourth-order valence-electron chi connectivity index (χ4n) is 4.32. The van der Waals surface area contributed by atoms with Crippen molar-refractivity contribution in [2.24, 2.45) is 5.92 Å². The summed E-state index contributed by atoms with van der Waals surface area (Å²) in [5.41, 5.74) is 1.39. The van der Waals surface area contributed by atoms with Crippen LogP contribution in [0.4, 0.5) is 5.82 Å². The Labute approximate surface area is 193 Å². The van der Waals surface area contributed by atoms with Gasteiger partial charge in [0.2, 0.25) is 0 Å². The molecule has 0 atom stereocenters. The van der Waals surface area contributed by atoms with Gasteiger partial charge in [-0.15, -0.1) is 0 Å². The van der Waals surface area contributed by atoms with E-state index in [0.717, 1.165) is 48.2 Å². The second-order valence-electron chi connectivity index (χ2n) is 8.45. The monoisotopic (exact) mass is 472 g/mol. The topological polar surface area (TPSA) is 85.2 Å². The molecule has 32 heavy (non-hydrogen) atoms. The molecular weight excluding hydrogens is 444 g/mol. The fourth-order valence-corrected chi connectivity index (χ4v) is 6.43. The number of nitrogens with zero attached hydrogens (tertiary/aromatic N) is 4. The standard InChI is InChI=1S/C23H28N4O3S2/c1-16-4-10-20(11-5-16)32(29,30)27-13-12-21-22(24-15-25-23(21)27)26(3)19-8-6-18(7-9-19)14-31-17(2)28/h4-5,10-13,15,18-19H,6-9,14H2,1-3H3. The molecule has 3 aromatic rings. The smallest absolute Gasteiger partial charge is 0.269 e. The first-order valence-corrected chi connectivity index (χ1v) is 13.2. The van der Waals surface area contributed by atoms with Crippen LogP contribution in [-0.4, -0.2) is 46.3 Å². The number of benzene rings is 1. The van der Waals surface area contributed by atoms with Gasteiger partial charge in [0.25, 0.3) is 10.0 Å². The minimum atomic E-state index is -3.75. The zero-order valence-electron chi connectivity index (χ0n) is 18.6. The maximum atomic E-state index is 13.2. The van der Waals surface area contributed by atoms with Crippen LogP contribution in [-0.2, 0) is 14.8 Å². The van der Waals surface area contributed by atoms with Crippen molar-refractivity contribution in [1.82, 2.24) is 13.9 Å². The lowest BCUT2D eigenvalue weighted by atomic mass is 9.86. The average Bonchev–Trinajstić information content (AvgIpc) is 3.23. The van der Waals surface area contributed by atoms with E-state index in [0.29, 0.717) is 17.6 Å². The Morgan fingerprint density at radius 3 is 2.47 bits per heavy atom. The highest BCUT2D eigenvalue weighted by Crippen LogP contribution is 2.34. The zero-order chi connectivity index (χ0) is 22.9. The summed E-state index contributed by atoms with van der Waals surface area (Å²) in [4.78, 5) is 22.4. The lowest BCUT2D eigenvalue weighted by molar-refractivity contribution is -0.109. The molecule has 0 bridgehead atoms. The van der Waals surface area contributed by atoms with Crippen molar-refractivity contribution >= 4 is 43.8 Å². The van der Waals surface area contributed by atoms with E-state index in [-0.39, 0.29) is 10.0 Å². The molecule has 0 aliphatic heterocycles. The summed E-state index contributed by atoms with van der Waals surface area (Å²) < 4.78 is 27.7. The number of aromatic nitrogens is 3. The summed E-state index contributed by atoms with van der Waals surface area (Å²) in [6, 6.07) is 8.92. The van der Waals surface area contributed by atoms with Crippen molar-refractivity contribution in [3.8, 4) is 0 Å². The Hall–Kier alpha value is -2.39. The minimum absolute atomic E-state index is 0.178. The molecule has 0 unspecified atom stereocenters. The average molecular weight is 473 g/mol. The largest absolute Gasteiger partial charge is 0.356 e. The lowest BCUT2D eigenvalue weighted by Crippen LogP contribution is -2.36. The molecule has 2 heterocycles. The van der Waals surface area contributed by atoms with Crippen LogP contribution in [0.3, 0.4) is 0 Å². The van der Waals surface area contributed by atoms with Crippen LogP contribution in [0.2, 0.25) is 0 Å². The second-order valence-corrected chi connectivity index (χ2v) is 11.5. The van der Waals surface area contributed by atoms with E-state index in [2.05, 4.69) is 14.9 Å². The van der Waals surface area contributed by atoms with E-state index in [9.17, 15) is 13.2 Å². The van der Waals surface area contributed by atoms with Gasteiger partial charge >= 0.3 is 0 Å². The molecule has 1 saturated carbocycles. The minimum Gasteiger partial charge on any atom is -0.356 e. The summed E-state index contributed by atoms with van der Waals surface area (Å²) >= 11 is 1.42. The van der Waals surface area contributed by atoms with Gasteiger partial charge in [0, 0.05) is 32.0 Å². The number of fused-ring (bicyclic) bond motifs is 1. The normalized spacial score (nSPS) is 19.2. The molecule has 0 saturated heterocycles. The van der Waals surface area contributed by atoms with E-state index < -0.39 is 10.0 Å². The van der Waals surface area contributed by atoms with Crippen LogP contribution >= 0.6 is 11.8 Å². The number of carbonyl (C=O) groups excluding carboxylic acids is 1. The number of carbonyl (C=O) groups is 1. The first kappa shape index (κ1) is 22.8. The van der Waals surface area contributed by atoms with Gasteiger partial charge in [-0.05, 0) is 56.7 Å². The van der Waals surface area contributed by atoms with Crippen LogP contribution < -0.4 is 4.90 Å². The molecule has 170 valence electrons. The Morgan fingerprint density at radius 1 is 1.12 bits per heavy atom. The van der Waals surface area contributed by atoms with E-state index >= 15 is 0 Å². The zero-order valence-corrected chi connectivity index (χ0v) is 20.2. The Kier molecular flexibility index (Phi) is 6.57. The number of hydrogen-bond donors (Lipinski definition) is 0. The number of thioether (sulfide) groups is 1. The number of anilines is 1. The molecule has 0 amide bonds. The highest BCUT2D eigenvalue weighted by molar-refractivity contribution is 8.13. The van der Waals surface area contributed by atoms with Gasteiger partial charge in [-0.2, -0.15) is 0 Å². The van der Waals surface area contributed by atoms with Gasteiger partial charge in [-0.25, -0.2) is 22.4 Å². The molecule has 1 aliphatic carbocycles. The SMILES string of the molecule is CC(=O)SCC1CCC(N(C)c2ncnc3c2ccn3S(=O)(=O)c2ccc(C)cc2)CC1. The third-order valence-electron chi connectivity index (χ3n) is 6.23. The quantitative estimate of drug-likeness (QED) is 0.530. The van der Waals surface area contributed by atoms with Gasteiger partial charge in [0.1, 0.15) is 12.1 Å². The first-order valence-electron chi connectivity index (χ1n) is 10.8. The fraction of sp³-hybridized carbons (Fsp3) is 0.435. The van der Waals surface area contributed by atoms with Crippen LogP contribution in [0, 0.1) is 12.8 Å². The summed E-state index contributed by atoms with van der Waals surface area (Å²) in [7, 11) is -1.73. The molecule has 2 aromatic heterocycles. The van der Waals surface area contributed by atoms with E-state index in [1.54, 1.807) is 43.5 Å². The maximum absolute atomic E-state index is 13.2. The summed E-state index contributed by atoms with van der Waals surface area (Å²) in [6.45, 7) is 3.54. The summed E-state index contributed by atoms with van der Waals surface area (Å²) in [6.07, 6.45) is 7.19. The van der Waals surface area contributed by atoms with Crippen molar-refractivity contribution in [3.63, 3.8) is 0 Å². The molecule has 4 rings (SSSR count). The Balaban J connectivity index is 1.57. The summed E-state index contributed by atoms with van der Waals surface area (Å²) in [5, 5.41) is 0.901. The van der Waals surface area contributed by atoms with Crippen LogP contribution in [0.5, 0.6) is 0 Å². The molecule has 1 aliphatic rings. The Bertz CT molecular complexity index is 1210. The van der Waals surface area contributed by atoms with Gasteiger partial charge in [0.05, 0.1) is 10.3 Å². The van der Waals surface area contributed by atoms with Gasteiger partial charge in [-0.3, -0.25) is 4.79 Å². The first-order chi connectivity index (χ1) is 15.3. The van der Waals surface area contributed by atoms with Gasteiger partial charge < -0.3 is 4.90 Å². The van der Waals surface area contributed by atoms with Crippen molar-refractivity contribution < 1.29 is 13.2 Å². The molecule has 0 N–H and O–H groups in total. The van der Waals surface area contributed by atoms with Crippen molar-refractivity contribution in [2.45, 2.75) is 50.5 Å². The third kappa shape index (κ3) is 4.54. The van der Waals surface area contributed by atoms with Crippen molar-refractivity contribution in [3.05, 3.63) is 48.4 Å². The molecular formula is C23H28N4O3S2. The number of rotatable bonds is 6. The molecule has 9 heteroatoms. The molecule has 0 spiro atoms. The molecule has 0 radical (unpaired) electrons. The van der Waals surface area contributed by atoms with E-state index in [1.807, 2.05) is 14.0 Å². The number of aryl methyl sites for hydroxylation is 1. The van der Waals surface area contributed by atoms with E-state index in [1.165, 1.54) is 22.1 Å². The van der Waals surface area contributed by atoms with Crippen LogP contribution in [0.1, 0.15) is 38.2 Å². The predicted octanol–water partition coefficient (Wildman–Crippen LogP) is 4.25. The Morgan fingerprint density at radius 2 is 1.81 bits per heavy atom. The lowest BCUT2D eigenvalue weighted by Gasteiger charge is -2.35. The van der Waals surface area contributed by atoms with Crippen molar-refractivity contribution in [1.29, 1.82) is 0 Å². The highest BCUT2D eigenvalue weighted by Gasteiger charge is 2.27. The molecule has 1 fully saturated rings. The maximum Gasteiger partial charge on any atom is 0.269 e. The second kappa shape index (κ2) is 9.23. The molecule has 1 aromatic carbocycles. The van der Waals surface area contributed by atoms with E-state index in [4.69, 9.17) is 0 Å². The summed E-state index contributed by atoms with van der Waals surface area (Å²) in [5.74, 6) is 2.21.